The van der Waals surface area contributed by atoms with Crippen LogP contribution in [0.25, 0.3) is 16.3 Å². The molecule has 2 saturated heterocycles. The predicted octanol–water partition coefficient (Wildman–Crippen LogP) is 5.82. The lowest BCUT2D eigenvalue weighted by Crippen LogP contribution is -2.47. The van der Waals surface area contributed by atoms with Gasteiger partial charge in [0.05, 0.1) is 42.6 Å². The predicted molar refractivity (Wildman–Crippen MR) is 149 cm³/mol. The van der Waals surface area contributed by atoms with E-state index in [0.717, 1.165) is 19.5 Å². The Bertz CT molecular complexity index is 1310. The second-order valence-corrected chi connectivity index (χ2v) is 12.2. The van der Waals surface area contributed by atoms with Gasteiger partial charge >= 0.3 is 0 Å². The summed E-state index contributed by atoms with van der Waals surface area (Å²) in [6, 6.07) is 17.2. The van der Waals surface area contributed by atoms with Gasteiger partial charge in [-0.25, -0.2) is 0 Å². The van der Waals surface area contributed by atoms with Crippen LogP contribution in [-0.4, -0.2) is 45.6 Å². The van der Waals surface area contributed by atoms with Gasteiger partial charge in [-0.15, -0.1) is 0 Å². The molecule has 8 heteroatoms. The van der Waals surface area contributed by atoms with E-state index in [-0.39, 0.29) is 18.0 Å². The third kappa shape index (κ3) is 5.37. The monoisotopic (exact) mass is 537 g/mol. The summed E-state index contributed by atoms with van der Waals surface area (Å²) < 4.78 is 26.8. The zero-order valence-corrected chi connectivity index (χ0v) is 22.9. The van der Waals surface area contributed by atoms with Crippen LogP contribution >= 0.6 is 23.1 Å². The number of allylic oxidation sites excluding steroid dienone is 2. The third-order valence-electron chi connectivity index (χ3n) is 6.86. The van der Waals surface area contributed by atoms with E-state index in [2.05, 4.69) is 90.1 Å². The molecule has 194 valence electrons. The first kappa shape index (κ1) is 25.1. The van der Waals surface area contributed by atoms with Gasteiger partial charge in [0.25, 0.3) is 5.01 Å². The summed E-state index contributed by atoms with van der Waals surface area (Å²) in [5, 5.41) is 2.43. The van der Waals surface area contributed by atoms with E-state index in [1.165, 1.54) is 30.8 Å². The zero-order valence-electron chi connectivity index (χ0n) is 21.3. The van der Waals surface area contributed by atoms with Crippen molar-refractivity contribution in [2.75, 3.05) is 37.9 Å². The number of hydrogen-bond donors (Lipinski definition) is 0. The Morgan fingerprint density at radius 3 is 2.54 bits per heavy atom. The molecule has 2 fully saturated rings. The lowest BCUT2D eigenvalue weighted by molar-refractivity contribution is -0.684. The number of para-hydroxylation sites is 2. The summed E-state index contributed by atoms with van der Waals surface area (Å²) in [6.45, 7) is 8.81. The van der Waals surface area contributed by atoms with E-state index in [4.69, 9.17) is 18.9 Å². The van der Waals surface area contributed by atoms with Crippen LogP contribution in [0.1, 0.15) is 25.3 Å². The molecule has 0 spiro atoms. The molecule has 37 heavy (non-hydrogen) atoms. The van der Waals surface area contributed by atoms with Crippen molar-refractivity contribution < 1.29 is 23.5 Å². The molecule has 0 amide bonds. The van der Waals surface area contributed by atoms with Crippen molar-refractivity contribution in [2.24, 2.45) is 5.41 Å². The highest BCUT2D eigenvalue weighted by molar-refractivity contribution is 8.03. The lowest BCUT2D eigenvalue weighted by atomic mass is 9.92. The van der Waals surface area contributed by atoms with Crippen LogP contribution in [0.3, 0.4) is 0 Å². The first-order valence-electron chi connectivity index (χ1n) is 12.9. The molecule has 3 aliphatic rings. The molecule has 1 aromatic heterocycles. The highest BCUT2D eigenvalue weighted by Crippen LogP contribution is 2.46. The fourth-order valence-electron chi connectivity index (χ4n) is 5.06. The van der Waals surface area contributed by atoms with Crippen LogP contribution < -0.4 is 9.47 Å². The fraction of sp³-hybridized carbons (Fsp3) is 0.414. The van der Waals surface area contributed by atoms with Crippen molar-refractivity contribution in [1.29, 1.82) is 0 Å². The maximum Gasteiger partial charge on any atom is 0.262 e. The van der Waals surface area contributed by atoms with Gasteiger partial charge in [-0.05, 0) is 38.1 Å². The number of fused-ring (bicyclic) bond motifs is 2. The molecule has 0 bridgehead atoms. The maximum absolute atomic E-state index is 5.88. The highest BCUT2D eigenvalue weighted by atomic mass is 32.2. The number of thiazole rings is 1. The van der Waals surface area contributed by atoms with Crippen molar-refractivity contribution in [3.05, 3.63) is 70.7 Å². The molecule has 0 radical (unpaired) electrons. The molecule has 0 N–H and O–H groups in total. The quantitative estimate of drug-likeness (QED) is 0.338. The van der Waals surface area contributed by atoms with Gasteiger partial charge in [-0.3, -0.25) is 0 Å². The molecule has 0 aliphatic carbocycles. The minimum Gasteiger partial charge on any atom is -0.350 e. The number of aromatic nitrogens is 1. The molecule has 0 saturated carbocycles. The summed E-state index contributed by atoms with van der Waals surface area (Å²) in [6.07, 6.45) is 7.18. The molecule has 6 nitrogen and oxygen atoms in total. The largest absolute Gasteiger partial charge is 0.350 e. The SMILES string of the molecule is CC(C)(C[n+]1c(/C=C/C=C2\Sc3ccccc3N2CCC2OCCO2)sc2ccccc21)C1OCCO1. The fourth-order valence-corrected chi connectivity index (χ4v) is 7.24. The van der Waals surface area contributed by atoms with E-state index in [1.54, 1.807) is 0 Å². The van der Waals surface area contributed by atoms with Crippen molar-refractivity contribution >= 4 is 45.1 Å². The van der Waals surface area contributed by atoms with Crippen molar-refractivity contribution in [2.45, 2.75) is 44.3 Å². The number of benzene rings is 2. The average molecular weight is 538 g/mol. The molecule has 0 unspecified atom stereocenters. The first-order valence-corrected chi connectivity index (χ1v) is 14.5. The van der Waals surface area contributed by atoms with Gasteiger partial charge in [0, 0.05) is 30.0 Å². The van der Waals surface area contributed by atoms with E-state index < -0.39 is 0 Å². The minimum atomic E-state index is -0.188. The summed E-state index contributed by atoms with van der Waals surface area (Å²) in [7, 11) is 0. The number of rotatable bonds is 8. The van der Waals surface area contributed by atoms with Gasteiger partial charge in [0.15, 0.2) is 19.1 Å². The molecular weight excluding hydrogens is 504 g/mol. The number of thioether (sulfide) groups is 1. The van der Waals surface area contributed by atoms with E-state index in [9.17, 15) is 0 Å². The number of hydrogen-bond acceptors (Lipinski definition) is 7. The van der Waals surface area contributed by atoms with Crippen LogP contribution in [0.15, 0.2) is 70.6 Å². The Hall–Kier alpha value is -2.20. The van der Waals surface area contributed by atoms with Crippen molar-refractivity contribution in [3.63, 3.8) is 0 Å². The molecule has 0 atom stereocenters. The standard InChI is InChI=1S/C29H33N2O4S2/c1-29(2,28-34-18-19-35-28)20-31-22-9-4-6-11-24(22)37-26(31)13-7-12-25-30(15-14-27-32-16-17-33-27)21-8-3-5-10-23(21)36-25/h3-13,27-28H,14-20H2,1-2H3/q+1. The highest BCUT2D eigenvalue weighted by Gasteiger charge is 2.39. The van der Waals surface area contributed by atoms with Gasteiger partial charge in [0.2, 0.25) is 5.52 Å². The number of nitrogens with zero attached hydrogens (tertiary/aromatic N) is 2. The lowest BCUT2D eigenvalue weighted by Gasteiger charge is -2.26. The number of ether oxygens (including phenoxy) is 4. The Balaban J connectivity index is 1.26. The smallest absolute Gasteiger partial charge is 0.262 e. The van der Waals surface area contributed by atoms with Gasteiger partial charge < -0.3 is 23.8 Å². The van der Waals surface area contributed by atoms with Crippen LogP contribution in [-0.2, 0) is 25.5 Å². The molecule has 4 heterocycles. The van der Waals surface area contributed by atoms with Gasteiger partial charge in [0.1, 0.15) is 4.70 Å². The normalized spacial score (nSPS) is 20.3. The van der Waals surface area contributed by atoms with Crippen molar-refractivity contribution in [1.82, 2.24) is 0 Å². The zero-order chi connectivity index (χ0) is 25.2. The van der Waals surface area contributed by atoms with Crippen molar-refractivity contribution in [3.8, 4) is 0 Å². The summed E-state index contributed by atoms with van der Waals surface area (Å²) in [4.78, 5) is 3.66. The third-order valence-corrected chi connectivity index (χ3v) is 9.12. The maximum atomic E-state index is 5.88. The van der Waals surface area contributed by atoms with Crippen LogP contribution in [0.5, 0.6) is 0 Å². The Labute approximate surface area is 226 Å². The van der Waals surface area contributed by atoms with Gasteiger partial charge in [-0.2, -0.15) is 4.57 Å². The van der Waals surface area contributed by atoms with Crippen LogP contribution in [0.4, 0.5) is 5.69 Å². The Kier molecular flexibility index (Phi) is 7.38. The van der Waals surface area contributed by atoms with Gasteiger partial charge in [-0.1, -0.05) is 53.4 Å². The van der Waals surface area contributed by atoms with E-state index >= 15 is 0 Å². The average Bonchev–Trinajstić information content (AvgIpc) is 3.70. The molecule has 3 aromatic rings. The number of anilines is 1. The van der Waals surface area contributed by atoms with Crippen LogP contribution in [0.2, 0.25) is 0 Å². The Morgan fingerprint density at radius 2 is 1.70 bits per heavy atom. The summed E-state index contributed by atoms with van der Waals surface area (Å²) >= 11 is 3.63. The summed E-state index contributed by atoms with van der Waals surface area (Å²) in [5.41, 5.74) is 2.34. The summed E-state index contributed by atoms with van der Waals surface area (Å²) in [5.74, 6) is 0. The van der Waals surface area contributed by atoms with Crippen LogP contribution in [0, 0.1) is 5.41 Å². The van der Waals surface area contributed by atoms with E-state index in [1.807, 2.05) is 23.1 Å². The molecule has 2 aromatic carbocycles. The first-order chi connectivity index (χ1) is 18.1. The molecular formula is C29H33N2O4S2+. The second kappa shape index (κ2) is 10.9. The molecule has 6 rings (SSSR count). The second-order valence-electron chi connectivity index (χ2n) is 10.1. The molecule has 3 aliphatic heterocycles. The van der Waals surface area contributed by atoms with E-state index in [0.29, 0.717) is 26.4 Å². The minimum absolute atomic E-state index is 0.108. The topological polar surface area (TPSA) is 44.0 Å². The Morgan fingerprint density at radius 1 is 0.973 bits per heavy atom.